The molecule has 0 aliphatic carbocycles. The molecule has 0 fully saturated rings. The van der Waals surface area contributed by atoms with Crippen molar-refractivity contribution < 1.29 is 4.79 Å². The van der Waals surface area contributed by atoms with Gasteiger partial charge in [0, 0.05) is 0 Å². The van der Waals surface area contributed by atoms with E-state index in [4.69, 9.17) is 0 Å². The van der Waals surface area contributed by atoms with Gasteiger partial charge < -0.3 is 0 Å². The molecule has 0 aliphatic heterocycles. The molecule has 66 valence electrons. The Kier molecular flexibility index (Phi) is 6.51. The predicted octanol–water partition coefficient (Wildman–Crippen LogP) is 1.97. The summed E-state index contributed by atoms with van der Waals surface area (Å²) in [5.74, 6) is 10.7. The molecule has 0 heterocycles. The molecule has 0 aromatic heterocycles. The van der Waals surface area contributed by atoms with Crippen molar-refractivity contribution in [1.29, 1.82) is 0 Å². The molecule has 0 atom stereocenters. The summed E-state index contributed by atoms with van der Waals surface area (Å²) in [6.45, 7) is 3.57. The molecule has 0 saturated carbocycles. The van der Waals surface area contributed by atoms with E-state index in [0.717, 1.165) is 5.57 Å². The van der Waals surface area contributed by atoms with Crippen molar-refractivity contribution in [3.63, 3.8) is 0 Å². The molecule has 0 N–H and O–H groups in total. The van der Waals surface area contributed by atoms with E-state index in [-0.39, 0.29) is 5.12 Å². The molecule has 0 saturated heterocycles. The molecule has 2 heteroatoms. The third-order valence-electron chi connectivity index (χ3n) is 1.03. The molecule has 0 radical (unpaired) electrons. The Hall–Kier alpha value is -1.38. The number of hydrogen-bond donors (Lipinski definition) is 1. The Morgan fingerprint density at radius 2 is 2.08 bits per heavy atom. The first-order valence-electron chi connectivity index (χ1n) is 3.67. The molecule has 0 amide bonds. The SMILES string of the molecule is CC#CC#CC(C)=CC=CC(=O)S. The van der Waals surface area contributed by atoms with Crippen LogP contribution in [0.3, 0.4) is 0 Å². The molecule has 0 bridgehead atoms. The van der Waals surface area contributed by atoms with E-state index in [1.54, 1.807) is 19.1 Å². The van der Waals surface area contributed by atoms with E-state index in [2.05, 4.69) is 36.3 Å². The van der Waals surface area contributed by atoms with Crippen molar-refractivity contribution in [2.24, 2.45) is 0 Å². The van der Waals surface area contributed by atoms with Crippen LogP contribution >= 0.6 is 12.6 Å². The van der Waals surface area contributed by atoms with Gasteiger partial charge in [-0.15, -0.1) is 12.6 Å². The van der Waals surface area contributed by atoms with Gasteiger partial charge in [-0.2, -0.15) is 0 Å². The second kappa shape index (κ2) is 7.28. The summed E-state index contributed by atoms with van der Waals surface area (Å²) in [5, 5.41) is -0.273. The van der Waals surface area contributed by atoms with E-state index >= 15 is 0 Å². The third kappa shape index (κ3) is 8.53. The van der Waals surface area contributed by atoms with Gasteiger partial charge in [0.05, 0.1) is 0 Å². The van der Waals surface area contributed by atoms with Crippen LogP contribution in [0.4, 0.5) is 0 Å². The van der Waals surface area contributed by atoms with Crippen LogP contribution in [0, 0.1) is 23.7 Å². The molecule has 13 heavy (non-hydrogen) atoms. The molecule has 0 aromatic carbocycles. The van der Waals surface area contributed by atoms with Gasteiger partial charge in [-0.25, -0.2) is 0 Å². The molecular formula is C11H10OS. The smallest absolute Gasteiger partial charge is 0.209 e. The van der Waals surface area contributed by atoms with E-state index in [1.807, 2.05) is 6.92 Å². The maximum Gasteiger partial charge on any atom is 0.209 e. The highest BCUT2D eigenvalue weighted by molar-refractivity contribution is 7.97. The minimum Gasteiger partial charge on any atom is -0.283 e. The Morgan fingerprint density at radius 3 is 2.62 bits per heavy atom. The molecule has 0 aromatic rings. The largest absolute Gasteiger partial charge is 0.283 e. The van der Waals surface area contributed by atoms with Gasteiger partial charge in [0.15, 0.2) is 0 Å². The highest BCUT2D eigenvalue weighted by atomic mass is 32.1. The van der Waals surface area contributed by atoms with Crippen molar-refractivity contribution >= 4 is 17.7 Å². The fourth-order valence-corrected chi connectivity index (χ4v) is 0.595. The fraction of sp³-hybridized carbons (Fsp3) is 0.182. The Bertz CT molecular complexity index is 353. The first kappa shape index (κ1) is 11.6. The van der Waals surface area contributed by atoms with Crippen LogP contribution in [-0.2, 0) is 4.79 Å². The van der Waals surface area contributed by atoms with Gasteiger partial charge in [-0.3, -0.25) is 4.79 Å². The maximum atomic E-state index is 10.4. The van der Waals surface area contributed by atoms with Crippen LogP contribution in [-0.4, -0.2) is 5.12 Å². The maximum absolute atomic E-state index is 10.4. The summed E-state index contributed by atoms with van der Waals surface area (Å²) in [6.07, 6.45) is 4.71. The van der Waals surface area contributed by atoms with Crippen LogP contribution in [0.2, 0.25) is 0 Å². The van der Waals surface area contributed by atoms with Crippen molar-refractivity contribution in [2.75, 3.05) is 0 Å². The van der Waals surface area contributed by atoms with Gasteiger partial charge in [0.2, 0.25) is 5.12 Å². The van der Waals surface area contributed by atoms with Crippen LogP contribution in [0.1, 0.15) is 13.8 Å². The van der Waals surface area contributed by atoms with E-state index in [1.165, 1.54) is 6.08 Å². The molecule has 0 spiro atoms. The van der Waals surface area contributed by atoms with E-state index in [9.17, 15) is 4.79 Å². The minimum atomic E-state index is -0.273. The van der Waals surface area contributed by atoms with Crippen molar-refractivity contribution in [1.82, 2.24) is 0 Å². The standard InChI is InChI=1S/C11H10OS/c1-3-4-5-7-10(2)8-6-9-11(12)13/h6,8-9H,1-2H3,(H,12,13). The average molecular weight is 190 g/mol. The second-order valence-electron chi connectivity index (χ2n) is 2.17. The number of carbonyl (C=O) groups is 1. The Labute approximate surface area is 84.3 Å². The lowest BCUT2D eigenvalue weighted by molar-refractivity contribution is -0.106. The monoisotopic (exact) mass is 190 g/mol. The molecule has 0 aliphatic rings. The van der Waals surface area contributed by atoms with Gasteiger partial charge in [0.1, 0.15) is 0 Å². The first-order chi connectivity index (χ1) is 6.16. The van der Waals surface area contributed by atoms with Gasteiger partial charge in [0.25, 0.3) is 0 Å². The van der Waals surface area contributed by atoms with Gasteiger partial charge in [-0.05, 0) is 37.3 Å². The van der Waals surface area contributed by atoms with Crippen molar-refractivity contribution in [2.45, 2.75) is 13.8 Å². The Balaban J connectivity index is 4.26. The van der Waals surface area contributed by atoms with Gasteiger partial charge in [-0.1, -0.05) is 24.0 Å². The zero-order valence-electron chi connectivity index (χ0n) is 7.59. The molecular weight excluding hydrogens is 180 g/mol. The minimum absolute atomic E-state index is 0.273. The van der Waals surface area contributed by atoms with Crippen molar-refractivity contribution in [3.05, 3.63) is 23.8 Å². The number of rotatable bonds is 2. The lowest BCUT2D eigenvalue weighted by Gasteiger charge is -1.80. The van der Waals surface area contributed by atoms with Crippen molar-refractivity contribution in [3.8, 4) is 23.7 Å². The lowest BCUT2D eigenvalue weighted by Crippen LogP contribution is -1.73. The Morgan fingerprint density at radius 1 is 1.38 bits per heavy atom. The lowest BCUT2D eigenvalue weighted by atomic mass is 10.3. The summed E-state index contributed by atoms with van der Waals surface area (Å²) in [6, 6.07) is 0. The second-order valence-corrected chi connectivity index (χ2v) is 2.61. The number of allylic oxidation sites excluding steroid dienone is 3. The quantitative estimate of drug-likeness (QED) is 0.305. The zero-order chi connectivity index (χ0) is 10.1. The normalized spacial score (nSPS) is 9.92. The molecule has 0 rings (SSSR count). The highest BCUT2D eigenvalue weighted by Crippen LogP contribution is 1.91. The molecule has 1 nitrogen and oxygen atoms in total. The highest BCUT2D eigenvalue weighted by Gasteiger charge is 1.80. The van der Waals surface area contributed by atoms with Crippen LogP contribution in [0.25, 0.3) is 0 Å². The summed E-state index contributed by atoms with van der Waals surface area (Å²) < 4.78 is 0. The molecule has 0 unspecified atom stereocenters. The average Bonchev–Trinajstić information content (AvgIpc) is 2.04. The number of carbonyl (C=O) groups excluding carboxylic acids is 1. The number of hydrogen-bond acceptors (Lipinski definition) is 1. The van der Waals surface area contributed by atoms with Gasteiger partial charge >= 0.3 is 0 Å². The van der Waals surface area contributed by atoms with Crippen LogP contribution in [0.15, 0.2) is 23.8 Å². The predicted molar refractivity (Wildman–Crippen MR) is 58.1 cm³/mol. The first-order valence-corrected chi connectivity index (χ1v) is 4.12. The third-order valence-corrected chi connectivity index (χ3v) is 1.18. The summed E-state index contributed by atoms with van der Waals surface area (Å²) >= 11 is 3.57. The topological polar surface area (TPSA) is 17.1 Å². The van der Waals surface area contributed by atoms with Crippen LogP contribution in [0.5, 0.6) is 0 Å². The van der Waals surface area contributed by atoms with E-state index < -0.39 is 0 Å². The summed E-state index contributed by atoms with van der Waals surface area (Å²) in [4.78, 5) is 10.4. The van der Waals surface area contributed by atoms with Crippen LogP contribution < -0.4 is 0 Å². The summed E-state index contributed by atoms with van der Waals surface area (Å²) in [5.41, 5.74) is 0.855. The zero-order valence-corrected chi connectivity index (χ0v) is 8.48. The number of thiol groups is 1. The fourth-order valence-electron chi connectivity index (χ4n) is 0.509. The summed E-state index contributed by atoms with van der Waals surface area (Å²) in [7, 11) is 0. The van der Waals surface area contributed by atoms with E-state index in [0.29, 0.717) is 0 Å².